The molecule has 0 saturated heterocycles. The molecule has 0 aromatic carbocycles. The first-order valence-corrected chi connectivity index (χ1v) is 5.51. The molecule has 1 aromatic rings. The standard InChI is InChI=1S/C9H15BrN2/c1-9-5-8-12(11-9)7-4-2-3-6-10/h5,8H,2-4,6-7H2,1H3. The highest BCUT2D eigenvalue weighted by atomic mass is 79.9. The average molecular weight is 231 g/mol. The number of aryl methyl sites for hydroxylation is 2. The van der Waals surface area contributed by atoms with E-state index in [-0.39, 0.29) is 0 Å². The van der Waals surface area contributed by atoms with Gasteiger partial charge in [-0.1, -0.05) is 22.4 Å². The second-order valence-electron chi connectivity index (χ2n) is 2.97. The van der Waals surface area contributed by atoms with Gasteiger partial charge in [0.2, 0.25) is 0 Å². The van der Waals surface area contributed by atoms with Gasteiger partial charge in [-0.25, -0.2) is 0 Å². The third-order valence-corrected chi connectivity index (χ3v) is 2.36. The summed E-state index contributed by atoms with van der Waals surface area (Å²) in [6, 6.07) is 2.05. The monoisotopic (exact) mass is 230 g/mol. The summed E-state index contributed by atoms with van der Waals surface area (Å²) in [7, 11) is 0. The smallest absolute Gasteiger partial charge is 0.0593 e. The SMILES string of the molecule is Cc1ccn(CCCCCBr)n1. The maximum atomic E-state index is 4.31. The maximum absolute atomic E-state index is 4.31. The van der Waals surface area contributed by atoms with Crippen molar-refractivity contribution in [2.45, 2.75) is 32.7 Å². The fourth-order valence-electron chi connectivity index (χ4n) is 1.13. The lowest BCUT2D eigenvalue weighted by atomic mass is 10.2. The van der Waals surface area contributed by atoms with Crippen LogP contribution in [0.15, 0.2) is 12.3 Å². The van der Waals surface area contributed by atoms with Crippen LogP contribution in [-0.2, 0) is 6.54 Å². The van der Waals surface area contributed by atoms with Crippen LogP contribution in [0.2, 0.25) is 0 Å². The van der Waals surface area contributed by atoms with Crippen LogP contribution >= 0.6 is 15.9 Å². The van der Waals surface area contributed by atoms with Crippen LogP contribution in [0.5, 0.6) is 0 Å². The van der Waals surface area contributed by atoms with Gasteiger partial charge in [-0.3, -0.25) is 4.68 Å². The summed E-state index contributed by atoms with van der Waals surface area (Å²) in [6.07, 6.45) is 5.82. The summed E-state index contributed by atoms with van der Waals surface area (Å²) in [5.41, 5.74) is 1.11. The molecular weight excluding hydrogens is 216 g/mol. The van der Waals surface area contributed by atoms with E-state index < -0.39 is 0 Å². The van der Waals surface area contributed by atoms with Gasteiger partial charge in [-0.05, 0) is 25.8 Å². The number of unbranched alkanes of at least 4 members (excludes halogenated alkanes) is 2. The van der Waals surface area contributed by atoms with E-state index in [1.807, 2.05) is 23.9 Å². The average Bonchev–Trinajstić information content (AvgIpc) is 2.45. The van der Waals surface area contributed by atoms with Crippen molar-refractivity contribution in [1.82, 2.24) is 9.78 Å². The van der Waals surface area contributed by atoms with Gasteiger partial charge in [0.15, 0.2) is 0 Å². The van der Waals surface area contributed by atoms with E-state index in [1.54, 1.807) is 0 Å². The van der Waals surface area contributed by atoms with E-state index in [1.165, 1.54) is 19.3 Å². The number of aromatic nitrogens is 2. The number of rotatable bonds is 5. The summed E-state index contributed by atoms with van der Waals surface area (Å²) in [5, 5.41) is 5.43. The fraction of sp³-hybridized carbons (Fsp3) is 0.667. The molecule has 0 aliphatic heterocycles. The molecule has 1 aromatic heterocycles. The highest BCUT2D eigenvalue weighted by Gasteiger charge is 1.93. The highest BCUT2D eigenvalue weighted by Crippen LogP contribution is 2.01. The van der Waals surface area contributed by atoms with Crippen LogP contribution in [0.25, 0.3) is 0 Å². The van der Waals surface area contributed by atoms with Gasteiger partial charge in [-0.15, -0.1) is 0 Å². The largest absolute Gasteiger partial charge is 0.273 e. The van der Waals surface area contributed by atoms with Crippen molar-refractivity contribution in [2.75, 3.05) is 5.33 Å². The van der Waals surface area contributed by atoms with Crippen molar-refractivity contribution in [3.8, 4) is 0 Å². The molecule has 0 atom stereocenters. The number of hydrogen-bond acceptors (Lipinski definition) is 1. The Morgan fingerprint density at radius 3 is 2.83 bits per heavy atom. The van der Waals surface area contributed by atoms with Gasteiger partial charge >= 0.3 is 0 Å². The van der Waals surface area contributed by atoms with E-state index in [4.69, 9.17) is 0 Å². The Balaban J connectivity index is 2.15. The van der Waals surface area contributed by atoms with E-state index in [9.17, 15) is 0 Å². The van der Waals surface area contributed by atoms with Crippen molar-refractivity contribution >= 4 is 15.9 Å². The molecule has 1 rings (SSSR count). The lowest BCUT2D eigenvalue weighted by molar-refractivity contribution is 0.552. The van der Waals surface area contributed by atoms with Crippen LogP contribution in [0.1, 0.15) is 25.0 Å². The first kappa shape index (κ1) is 9.78. The normalized spacial score (nSPS) is 10.5. The zero-order chi connectivity index (χ0) is 8.81. The molecule has 0 saturated carbocycles. The number of hydrogen-bond donors (Lipinski definition) is 0. The predicted molar refractivity (Wildman–Crippen MR) is 54.6 cm³/mol. The summed E-state index contributed by atoms with van der Waals surface area (Å²) in [4.78, 5) is 0. The van der Waals surface area contributed by atoms with E-state index in [0.717, 1.165) is 17.6 Å². The Kier molecular flexibility index (Phi) is 4.36. The Labute approximate surface area is 82.1 Å². The minimum Gasteiger partial charge on any atom is -0.273 e. The van der Waals surface area contributed by atoms with Gasteiger partial charge in [-0.2, -0.15) is 5.10 Å². The summed E-state index contributed by atoms with van der Waals surface area (Å²) in [6.45, 7) is 3.08. The molecule has 0 unspecified atom stereocenters. The molecule has 0 amide bonds. The molecule has 0 N–H and O–H groups in total. The second-order valence-corrected chi connectivity index (χ2v) is 3.76. The Bertz CT molecular complexity index is 220. The fourth-order valence-corrected chi connectivity index (χ4v) is 1.53. The number of halogens is 1. The molecular formula is C9H15BrN2. The Morgan fingerprint density at radius 2 is 2.25 bits per heavy atom. The molecule has 0 radical (unpaired) electrons. The zero-order valence-corrected chi connectivity index (χ0v) is 9.05. The minimum atomic E-state index is 1.06. The molecule has 0 aliphatic carbocycles. The summed E-state index contributed by atoms with van der Waals surface area (Å²) < 4.78 is 2.02. The topological polar surface area (TPSA) is 17.8 Å². The minimum absolute atomic E-state index is 1.06. The van der Waals surface area contributed by atoms with Crippen molar-refractivity contribution in [1.29, 1.82) is 0 Å². The Morgan fingerprint density at radius 1 is 1.42 bits per heavy atom. The second kappa shape index (κ2) is 5.36. The quantitative estimate of drug-likeness (QED) is 0.562. The first-order valence-electron chi connectivity index (χ1n) is 4.39. The van der Waals surface area contributed by atoms with Crippen molar-refractivity contribution in [3.63, 3.8) is 0 Å². The highest BCUT2D eigenvalue weighted by molar-refractivity contribution is 9.09. The molecule has 0 fully saturated rings. The van der Waals surface area contributed by atoms with Gasteiger partial charge in [0, 0.05) is 18.1 Å². The number of nitrogens with zero attached hydrogens (tertiary/aromatic N) is 2. The van der Waals surface area contributed by atoms with Crippen LogP contribution in [0, 0.1) is 6.92 Å². The summed E-state index contributed by atoms with van der Waals surface area (Å²) in [5.74, 6) is 0. The van der Waals surface area contributed by atoms with Crippen LogP contribution in [-0.4, -0.2) is 15.1 Å². The van der Waals surface area contributed by atoms with E-state index in [2.05, 4.69) is 21.0 Å². The number of alkyl halides is 1. The molecule has 2 nitrogen and oxygen atoms in total. The first-order chi connectivity index (χ1) is 5.83. The maximum Gasteiger partial charge on any atom is 0.0593 e. The third kappa shape index (κ3) is 3.39. The summed E-state index contributed by atoms with van der Waals surface area (Å²) >= 11 is 3.42. The van der Waals surface area contributed by atoms with Gasteiger partial charge in [0.25, 0.3) is 0 Å². The Hall–Kier alpha value is -0.310. The van der Waals surface area contributed by atoms with Gasteiger partial charge < -0.3 is 0 Å². The van der Waals surface area contributed by atoms with Crippen LogP contribution in [0.3, 0.4) is 0 Å². The van der Waals surface area contributed by atoms with E-state index >= 15 is 0 Å². The van der Waals surface area contributed by atoms with Gasteiger partial charge in [0.1, 0.15) is 0 Å². The molecule has 3 heteroatoms. The lowest BCUT2D eigenvalue weighted by Crippen LogP contribution is -1.98. The van der Waals surface area contributed by atoms with Gasteiger partial charge in [0.05, 0.1) is 5.69 Å². The van der Waals surface area contributed by atoms with E-state index in [0.29, 0.717) is 0 Å². The molecule has 12 heavy (non-hydrogen) atoms. The molecule has 0 bridgehead atoms. The van der Waals surface area contributed by atoms with Crippen molar-refractivity contribution in [3.05, 3.63) is 18.0 Å². The molecule has 68 valence electrons. The van der Waals surface area contributed by atoms with Crippen LogP contribution < -0.4 is 0 Å². The van der Waals surface area contributed by atoms with Crippen LogP contribution in [0.4, 0.5) is 0 Å². The lowest BCUT2D eigenvalue weighted by Gasteiger charge is -1.99. The molecule has 1 heterocycles. The zero-order valence-electron chi connectivity index (χ0n) is 7.46. The van der Waals surface area contributed by atoms with Crippen molar-refractivity contribution in [2.24, 2.45) is 0 Å². The predicted octanol–water partition coefficient (Wildman–Crippen LogP) is 2.76. The molecule has 0 spiro atoms. The molecule has 0 aliphatic rings. The van der Waals surface area contributed by atoms with Crippen molar-refractivity contribution < 1.29 is 0 Å². The third-order valence-electron chi connectivity index (χ3n) is 1.79.